The first-order valence-electron chi connectivity index (χ1n) is 5.22. The number of primary amides is 1. The van der Waals surface area contributed by atoms with Gasteiger partial charge in [0.1, 0.15) is 12.4 Å². The summed E-state index contributed by atoms with van der Waals surface area (Å²) in [6, 6.07) is 4.63. The molecule has 0 aliphatic heterocycles. The van der Waals surface area contributed by atoms with Crippen LogP contribution >= 0.6 is 0 Å². The number of amides is 1. The molecule has 0 saturated carbocycles. The monoisotopic (exact) mass is 293 g/mol. The Morgan fingerprint density at radius 3 is 2.58 bits per heavy atom. The third-order valence-electron chi connectivity index (χ3n) is 2.23. The molecule has 0 bridgehead atoms. The van der Waals surface area contributed by atoms with Crippen molar-refractivity contribution in [3.05, 3.63) is 29.8 Å². The molecule has 8 heteroatoms. The van der Waals surface area contributed by atoms with Gasteiger partial charge in [-0.05, 0) is 12.1 Å². The summed E-state index contributed by atoms with van der Waals surface area (Å²) in [7, 11) is -3.19. The molecule has 0 saturated heterocycles. The number of ether oxygens (including phenoxy) is 1. The van der Waals surface area contributed by atoms with Gasteiger partial charge in [0.2, 0.25) is 0 Å². The van der Waals surface area contributed by atoms with Crippen LogP contribution in [0.15, 0.2) is 24.3 Å². The van der Waals surface area contributed by atoms with Crippen LogP contribution in [-0.4, -0.2) is 32.9 Å². The van der Waals surface area contributed by atoms with E-state index in [1.165, 1.54) is 12.1 Å². The molecule has 0 radical (unpaired) electrons. The van der Waals surface area contributed by atoms with Gasteiger partial charge >= 0.3 is 5.92 Å². The number of sulfone groups is 1. The molecule has 106 valence electrons. The van der Waals surface area contributed by atoms with Crippen molar-refractivity contribution in [3.63, 3.8) is 0 Å². The SMILES string of the molecule is CS(=O)(=O)CCOc1cccc(C(F)(F)C(N)=O)c1. The van der Waals surface area contributed by atoms with Crippen LogP contribution in [0.4, 0.5) is 8.78 Å². The summed E-state index contributed by atoms with van der Waals surface area (Å²) < 4.78 is 53.5. The molecule has 0 aromatic heterocycles. The average Bonchev–Trinajstić information content (AvgIpc) is 2.27. The number of hydrogen-bond acceptors (Lipinski definition) is 4. The molecule has 1 aromatic carbocycles. The maximum absolute atomic E-state index is 13.3. The molecule has 0 aliphatic carbocycles. The number of alkyl halides is 2. The van der Waals surface area contributed by atoms with Gasteiger partial charge in [0.25, 0.3) is 5.91 Å². The van der Waals surface area contributed by atoms with Crippen LogP contribution in [0, 0.1) is 0 Å². The third kappa shape index (κ3) is 4.47. The van der Waals surface area contributed by atoms with Gasteiger partial charge in [-0.1, -0.05) is 12.1 Å². The Labute approximate surface area is 109 Å². The minimum Gasteiger partial charge on any atom is -0.493 e. The van der Waals surface area contributed by atoms with Crippen molar-refractivity contribution in [2.45, 2.75) is 5.92 Å². The van der Waals surface area contributed by atoms with Crippen LogP contribution < -0.4 is 10.5 Å². The Bertz CT molecular complexity index is 572. The van der Waals surface area contributed by atoms with Crippen molar-refractivity contribution in [3.8, 4) is 5.75 Å². The fourth-order valence-electron chi connectivity index (χ4n) is 1.23. The van der Waals surface area contributed by atoms with Crippen molar-refractivity contribution in [2.24, 2.45) is 5.73 Å². The standard InChI is InChI=1S/C11H13F2NO4S/c1-19(16,17)6-5-18-9-4-2-3-8(7-9)11(12,13)10(14)15/h2-4,7H,5-6H2,1H3,(H2,14,15). The molecular weight excluding hydrogens is 280 g/mol. The highest BCUT2D eigenvalue weighted by molar-refractivity contribution is 7.90. The lowest BCUT2D eigenvalue weighted by molar-refractivity contribution is -0.143. The van der Waals surface area contributed by atoms with Crippen LogP contribution in [0.3, 0.4) is 0 Å². The molecule has 0 fully saturated rings. The Morgan fingerprint density at radius 1 is 1.42 bits per heavy atom. The largest absolute Gasteiger partial charge is 0.493 e. The highest BCUT2D eigenvalue weighted by Crippen LogP contribution is 2.29. The molecular formula is C11H13F2NO4S. The van der Waals surface area contributed by atoms with Crippen molar-refractivity contribution in [1.82, 2.24) is 0 Å². The highest BCUT2D eigenvalue weighted by atomic mass is 32.2. The van der Waals surface area contributed by atoms with Crippen LogP contribution in [0.2, 0.25) is 0 Å². The number of halogens is 2. The summed E-state index contributed by atoms with van der Waals surface area (Å²) in [5, 5.41) is 0. The first kappa shape index (κ1) is 15.4. The lowest BCUT2D eigenvalue weighted by Gasteiger charge is -2.14. The number of carbonyl (C=O) groups excluding carboxylic acids is 1. The second-order valence-corrected chi connectivity index (χ2v) is 6.20. The normalized spacial score (nSPS) is 12.2. The predicted molar refractivity (Wildman–Crippen MR) is 64.7 cm³/mol. The molecule has 1 rings (SSSR count). The van der Waals surface area contributed by atoms with E-state index < -0.39 is 27.2 Å². The summed E-state index contributed by atoms with van der Waals surface area (Å²) in [4.78, 5) is 10.6. The lowest BCUT2D eigenvalue weighted by atomic mass is 10.1. The van der Waals surface area contributed by atoms with Gasteiger partial charge < -0.3 is 10.5 Å². The first-order valence-corrected chi connectivity index (χ1v) is 7.28. The van der Waals surface area contributed by atoms with Crippen molar-refractivity contribution in [1.29, 1.82) is 0 Å². The minimum absolute atomic E-state index is 0.0436. The van der Waals surface area contributed by atoms with E-state index in [9.17, 15) is 22.0 Å². The lowest BCUT2D eigenvalue weighted by Crippen LogP contribution is -2.32. The second-order valence-electron chi connectivity index (χ2n) is 3.94. The molecule has 0 aliphatic rings. The zero-order chi connectivity index (χ0) is 14.7. The van der Waals surface area contributed by atoms with Crippen LogP contribution in [0.5, 0.6) is 5.75 Å². The van der Waals surface area contributed by atoms with Gasteiger partial charge in [-0.3, -0.25) is 4.79 Å². The molecule has 0 heterocycles. The molecule has 0 unspecified atom stereocenters. The van der Waals surface area contributed by atoms with E-state index in [1.54, 1.807) is 0 Å². The van der Waals surface area contributed by atoms with Gasteiger partial charge in [0.05, 0.1) is 5.75 Å². The molecule has 2 N–H and O–H groups in total. The van der Waals surface area contributed by atoms with Crippen LogP contribution in [-0.2, 0) is 20.6 Å². The van der Waals surface area contributed by atoms with E-state index in [2.05, 4.69) is 5.73 Å². The molecule has 1 amide bonds. The Morgan fingerprint density at radius 2 is 2.05 bits per heavy atom. The quantitative estimate of drug-likeness (QED) is 0.836. The van der Waals surface area contributed by atoms with Gasteiger partial charge in [-0.15, -0.1) is 0 Å². The molecule has 5 nitrogen and oxygen atoms in total. The van der Waals surface area contributed by atoms with E-state index in [0.717, 1.165) is 18.4 Å². The molecule has 1 aromatic rings. The summed E-state index contributed by atoms with van der Waals surface area (Å²) in [5.41, 5.74) is 4.00. The van der Waals surface area contributed by atoms with Gasteiger partial charge in [0, 0.05) is 11.8 Å². The number of benzene rings is 1. The van der Waals surface area contributed by atoms with E-state index in [-0.39, 0.29) is 18.1 Å². The number of rotatable bonds is 6. The Kier molecular flexibility index (Phi) is 4.46. The summed E-state index contributed by atoms with van der Waals surface area (Å²) in [6.07, 6.45) is 1.04. The molecule has 0 atom stereocenters. The minimum atomic E-state index is -3.80. The summed E-state index contributed by atoms with van der Waals surface area (Å²) in [5.74, 6) is -5.75. The molecule has 19 heavy (non-hydrogen) atoms. The van der Waals surface area contributed by atoms with E-state index in [1.807, 2.05) is 0 Å². The topological polar surface area (TPSA) is 86.5 Å². The summed E-state index contributed by atoms with van der Waals surface area (Å²) >= 11 is 0. The number of nitrogens with two attached hydrogens (primary N) is 1. The van der Waals surface area contributed by atoms with Gasteiger partial charge in [-0.2, -0.15) is 8.78 Å². The van der Waals surface area contributed by atoms with E-state index >= 15 is 0 Å². The van der Waals surface area contributed by atoms with Crippen molar-refractivity contribution < 1.29 is 26.7 Å². The average molecular weight is 293 g/mol. The highest BCUT2D eigenvalue weighted by Gasteiger charge is 2.38. The number of hydrogen-bond donors (Lipinski definition) is 1. The maximum atomic E-state index is 13.3. The Hall–Kier alpha value is -1.70. The fraction of sp³-hybridized carbons (Fsp3) is 0.364. The third-order valence-corrected chi connectivity index (χ3v) is 3.14. The van der Waals surface area contributed by atoms with E-state index in [4.69, 9.17) is 4.74 Å². The smallest absolute Gasteiger partial charge is 0.349 e. The fourth-order valence-corrected chi connectivity index (χ4v) is 1.62. The van der Waals surface area contributed by atoms with Crippen molar-refractivity contribution in [2.75, 3.05) is 18.6 Å². The first-order chi connectivity index (χ1) is 8.63. The van der Waals surface area contributed by atoms with Crippen LogP contribution in [0.1, 0.15) is 5.56 Å². The molecule has 0 spiro atoms. The van der Waals surface area contributed by atoms with Crippen molar-refractivity contribution >= 4 is 15.7 Å². The Balaban J connectivity index is 2.81. The zero-order valence-corrected chi connectivity index (χ0v) is 10.9. The zero-order valence-electron chi connectivity index (χ0n) is 10.1. The predicted octanol–water partition coefficient (Wildman–Crippen LogP) is 0.687. The maximum Gasteiger partial charge on any atom is 0.349 e. The van der Waals surface area contributed by atoms with E-state index in [0.29, 0.717) is 0 Å². The second kappa shape index (κ2) is 5.52. The van der Waals surface area contributed by atoms with Gasteiger partial charge in [0.15, 0.2) is 9.84 Å². The van der Waals surface area contributed by atoms with Crippen LogP contribution in [0.25, 0.3) is 0 Å². The van der Waals surface area contributed by atoms with Gasteiger partial charge in [-0.25, -0.2) is 8.42 Å². The summed E-state index contributed by atoms with van der Waals surface area (Å²) in [6.45, 7) is -0.162. The number of carbonyl (C=O) groups is 1.